The van der Waals surface area contributed by atoms with Gasteiger partial charge >= 0.3 is 0 Å². The Labute approximate surface area is 198 Å². The highest BCUT2D eigenvalue weighted by Gasteiger charge is 2.43. The number of fused-ring (bicyclic) bond motifs is 2. The second-order valence-electron chi connectivity index (χ2n) is 9.42. The van der Waals surface area contributed by atoms with Crippen LogP contribution in [-0.2, 0) is 10.2 Å². The number of hydrogen-bond donors (Lipinski definition) is 1. The van der Waals surface area contributed by atoms with E-state index in [2.05, 4.69) is 30.9 Å². The van der Waals surface area contributed by atoms with Crippen LogP contribution in [0.25, 0.3) is 5.57 Å². The van der Waals surface area contributed by atoms with E-state index in [0.717, 1.165) is 28.2 Å². The van der Waals surface area contributed by atoms with E-state index in [-0.39, 0.29) is 17.0 Å². The first kappa shape index (κ1) is 20.4. The van der Waals surface area contributed by atoms with Gasteiger partial charge in [-0.25, -0.2) is 4.99 Å². The number of allylic oxidation sites excluding steroid dienone is 5. The summed E-state index contributed by atoms with van der Waals surface area (Å²) in [5, 5.41) is 11.2. The lowest BCUT2D eigenvalue weighted by Crippen LogP contribution is -2.28. The third-order valence-corrected chi connectivity index (χ3v) is 7.12. The quantitative estimate of drug-likeness (QED) is 0.473. The zero-order chi connectivity index (χ0) is 23.6. The van der Waals surface area contributed by atoms with E-state index in [9.17, 15) is 9.90 Å². The van der Waals surface area contributed by atoms with Crippen molar-refractivity contribution in [2.45, 2.75) is 19.3 Å². The van der Waals surface area contributed by atoms with Gasteiger partial charge in [0.25, 0.3) is 0 Å². The van der Waals surface area contributed by atoms with Gasteiger partial charge < -0.3 is 10.0 Å². The fourth-order valence-corrected chi connectivity index (χ4v) is 5.33. The molecule has 166 valence electrons. The van der Waals surface area contributed by atoms with E-state index < -0.39 is 0 Å². The van der Waals surface area contributed by atoms with Crippen molar-refractivity contribution >= 4 is 28.4 Å². The number of anilines is 1. The number of aliphatic hydroxyl groups is 1. The van der Waals surface area contributed by atoms with Crippen LogP contribution < -0.4 is 4.90 Å². The minimum Gasteiger partial charge on any atom is -0.506 e. The molecule has 34 heavy (non-hydrogen) atoms. The predicted molar refractivity (Wildman–Crippen MR) is 137 cm³/mol. The Morgan fingerprint density at radius 1 is 0.882 bits per heavy atom. The van der Waals surface area contributed by atoms with Crippen LogP contribution in [0.4, 0.5) is 11.4 Å². The SMILES string of the molecule is CN1C(=CC2=C(O)C(=C3C(c4ccccc4)=Nc4ccccc43)C2=O)C(C)(C)c2ccccc21. The molecule has 0 fully saturated rings. The maximum absolute atomic E-state index is 13.5. The predicted octanol–water partition coefficient (Wildman–Crippen LogP) is 6.28. The molecule has 0 atom stereocenters. The highest BCUT2D eigenvalue weighted by Crippen LogP contribution is 2.49. The van der Waals surface area contributed by atoms with Crippen LogP contribution >= 0.6 is 0 Å². The van der Waals surface area contributed by atoms with Crippen molar-refractivity contribution in [3.63, 3.8) is 0 Å². The number of ketones is 1. The van der Waals surface area contributed by atoms with Crippen LogP contribution in [0.3, 0.4) is 0 Å². The summed E-state index contributed by atoms with van der Waals surface area (Å²) in [7, 11) is 2.01. The number of benzene rings is 3. The number of carbonyl (C=O) groups is 1. The highest BCUT2D eigenvalue weighted by atomic mass is 16.3. The first-order valence-electron chi connectivity index (χ1n) is 11.4. The summed E-state index contributed by atoms with van der Waals surface area (Å²) < 4.78 is 0. The molecule has 2 heterocycles. The normalized spacial score (nSPS) is 21.5. The van der Waals surface area contributed by atoms with Crippen LogP contribution in [0, 0.1) is 0 Å². The lowest BCUT2D eigenvalue weighted by atomic mass is 9.78. The zero-order valence-electron chi connectivity index (χ0n) is 19.3. The van der Waals surface area contributed by atoms with E-state index >= 15 is 0 Å². The van der Waals surface area contributed by atoms with E-state index in [0.29, 0.717) is 22.4 Å². The molecule has 4 nitrogen and oxygen atoms in total. The molecule has 0 spiro atoms. The van der Waals surface area contributed by atoms with E-state index in [1.165, 1.54) is 5.56 Å². The summed E-state index contributed by atoms with van der Waals surface area (Å²) >= 11 is 0. The Kier molecular flexibility index (Phi) is 4.30. The Morgan fingerprint density at radius 3 is 2.29 bits per heavy atom. The van der Waals surface area contributed by atoms with Gasteiger partial charge in [-0.05, 0) is 23.8 Å². The van der Waals surface area contributed by atoms with Gasteiger partial charge in [0, 0.05) is 40.5 Å². The number of carbonyl (C=O) groups excluding carboxylic acids is 1. The number of likely N-dealkylation sites (N-methyl/N-ethyl adjacent to an activating group) is 1. The van der Waals surface area contributed by atoms with Gasteiger partial charge in [0.2, 0.25) is 5.78 Å². The molecule has 1 aliphatic carbocycles. The molecule has 0 amide bonds. The highest BCUT2D eigenvalue weighted by molar-refractivity contribution is 6.43. The molecule has 0 bridgehead atoms. The van der Waals surface area contributed by atoms with E-state index in [1.54, 1.807) is 0 Å². The number of nitrogens with zero attached hydrogens (tertiary/aromatic N) is 2. The molecular formula is C30H24N2O2. The molecule has 3 aromatic rings. The zero-order valence-corrected chi connectivity index (χ0v) is 19.3. The average molecular weight is 445 g/mol. The number of Topliss-reactive ketones (excluding diaryl/α,β-unsaturated/α-hetero) is 1. The van der Waals surface area contributed by atoms with Gasteiger partial charge in [0.15, 0.2) is 0 Å². The fraction of sp³-hybridized carbons (Fsp3) is 0.133. The van der Waals surface area contributed by atoms with Gasteiger partial charge in [-0.2, -0.15) is 0 Å². The molecule has 1 N–H and O–H groups in total. The van der Waals surface area contributed by atoms with Crippen LogP contribution in [0.5, 0.6) is 0 Å². The smallest absolute Gasteiger partial charge is 0.201 e. The van der Waals surface area contributed by atoms with Crippen LogP contribution in [-0.4, -0.2) is 23.6 Å². The first-order chi connectivity index (χ1) is 16.4. The third-order valence-electron chi connectivity index (χ3n) is 7.12. The monoisotopic (exact) mass is 444 g/mol. The summed E-state index contributed by atoms with van der Waals surface area (Å²) in [5.74, 6) is -0.117. The summed E-state index contributed by atoms with van der Waals surface area (Å²) in [6.45, 7) is 4.29. The Morgan fingerprint density at radius 2 is 1.56 bits per heavy atom. The number of aliphatic hydroxyl groups excluding tert-OH is 1. The maximum atomic E-state index is 13.5. The number of para-hydroxylation sites is 2. The molecule has 2 aliphatic heterocycles. The molecule has 0 unspecified atom stereocenters. The lowest BCUT2D eigenvalue weighted by molar-refractivity contribution is -0.113. The first-order valence-corrected chi connectivity index (χ1v) is 11.4. The minimum absolute atomic E-state index is 0.0352. The number of hydrogen-bond acceptors (Lipinski definition) is 4. The molecule has 0 saturated heterocycles. The molecule has 3 aliphatic rings. The van der Waals surface area contributed by atoms with E-state index in [4.69, 9.17) is 4.99 Å². The van der Waals surface area contributed by atoms with Gasteiger partial charge in [-0.1, -0.05) is 80.6 Å². The van der Waals surface area contributed by atoms with Gasteiger partial charge in [-0.3, -0.25) is 4.79 Å². The van der Waals surface area contributed by atoms with Crippen LogP contribution in [0.2, 0.25) is 0 Å². The van der Waals surface area contributed by atoms with Crippen molar-refractivity contribution in [2.75, 3.05) is 11.9 Å². The standard InChI is InChI=1S/C30H24N2O2/c1-30(2)21-14-8-10-16-23(21)32(3)24(30)17-20-28(33)26(29(20)34)25-19-13-7-9-15-22(19)31-27(25)18-11-5-4-6-12-18/h4-17,33H,1-3H3. The lowest BCUT2D eigenvalue weighted by Gasteiger charge is -2.28. The largest absolute Gasteiger partial charge is 0.506 e. The summed E-state index contributed by atoms with van der Waals surface area (Å²) in [6.07, 6.45) is 1.85. The third kappa shape index (κ3) is 2.72. The Balaban J connectivity index is 1.50. The second-order valence-corrected chi connectivity index (χ2v) is 9.42. The molecule has 6 rings (SSSR count). The summed E-state index contributed by atoms with van der Waals surface area (Å²) in [6, 6.07) is 25.8. The van der Waals surface area contributed by atoms with Crippen molar-refractivity contribution in [3.8, 4) is 0 Å². The molecule has 0 radical (unpaired) electrons. The van der Waals surface area contributed by atoms with Crippen molar-refractivity contribution in [1.29, 1.82) is 0 Å². The minimum atomic E-state index is -0.279. The number of aliphatic imine (C=N–C) groups is 1. The van der Waals surface area contributed by atoms with Crippen molar-refractivity contribution < 1.29 is 9.90 Å². The van der Waals surface area contributed by atoms with Gasteiger partial charge in [0.1, 0.15) is 5.76 Å². The molecule has 4 heteroatoms. The van der Waals surface area contributed by atoms with Crippen molar-refractivity contribution in [3.05, 3.63) is 124 Å². The van der Waals surface area contributed by atoms with Gasteiger partial charge in [0.05, 0.1) is 22.5 Å². The van der Waals surface area contributed by atoms with Gasteiger partial charge in [-0.15, -0.1) is 0 Å². The summed E-state index contributed by atoms with van der Waals surface area (Å²) in [4.78, 5) is 20.5. The Hall–Kier alpha value is -4.18. The molecular weight excluding hydrogens is 420 g/mol. The van der Waals surface area contributed by atoms with E-state index in [1.807, 2.05) is 79.9 Å². The summed E-state index contributed by atoms with van der Waals surface area (Å²) in [5.41, 5.74) is 7.73. The number of rotatable bonds is 2. The van der Waals surface area contributed by atoms with Crippen LogP contribution in [0.15, 0.2) is 113 Å². The topological polar surface area (TPSA) is 52.9 Å². The molecule has 3 aromatic carbocycles. The average Bonchev–Trinajstić information content (AvgIpc) is 3.32. The molecule has 0 saturated carbocycles. The molecule has 0 aromatic heterocycles. The van der Waals surface area contributed by atoms with Crippen LogP contribution in [0.1, 0.15) is 30.5 Å². The Bertz CT molecular complexity index is 1500. The van der Waals surface area contributed by atoms with Crippen molar-refractivity contribution in [1.82, 2.24) is 0 Å². The maximum Gasteiger partial charge on any atom is 0.201 e. The fourth-order valence-electron chi connectivity index (χ4n) is 5.33. The van der Waals surface area contributed by atoms with Crippen molar-refractivity contribution in [2.24, 2.45) is 4.99 Å². The second kappa shape index (κ2) is 7.16.